The van der Waals surface area contributed by atoms with Crippen molar-refractivity contribution in [3.8, 4) is 17.2 Å². The molecule has 0 N–H and O–H groups in total. The van der Waals surface area contributed by atoms with E-state index in [-0.39, 0.29) is 17.4 Å². The fourth-order valence-electron chi connectivity index (χ4n) is 4.55. The molecule has 1 amide bonds. The third-order valence-corrected chi connectivity index (χ3v) is 5.95. The Morgan fingerprint density at radius 3 is 2.43 bits per heavy atom. The lowest BCUT2D eigenvalue weighted by molar-refractivity contribution is 0.0703. The van der Waals surface area contributed by atoms with Gasteiger partial charge in [0.15, 0.2) is 11.5 Å². The molecule has 0 unspecified atom stereocenters. The monoisotopic (exact) mass is 413 g/mol. The molecule has 0 aliphatic carbocycles. The molecule has 8 nitrogen and oxygen atoms in total. The second-order valence-electron chi connectivity index (χ2n) is 7.69. The molecule has 8 heteroatoms. The molecule has 1 fully saturated rings. The number of nitrogens with zero attached hydrogens (tertiary/aromatic N) is 3. The molecule has 3 heterocycles. The molecule has 1 aromatic carbocycles. The maximum Gasteiger partial charge on any atom is 0.273 e. The highest BCUT2D eigenvalue weighted by atomic mass is 16.5. The Balaban J connectivity index is 1.62. The Morgan fingerprint density at radius 2 is 1.77 bits per heavy atom. The first kappa shape index (κ1) is 20.3. The van der Waals surface area contributed by atoms with Crippen molar-refractivity contribution in [2.75, 3.05) is 34.4 Å². The summed E-state index contributed by atoms with van der Waals surface area (Å²) in [5.74, 6) is 2.26. The largest absolute Gasteiger partial charge is 0.493 e. The Labute approximate surface area is 175 Å². The first-order valence-electron chi connectivity index (χ1n) is 10.3. The summed E-state index contributed by atoms with van der Waals surface area (Å²) >= 11 is 0. The van der Waals surface area contributed by atoms with Crippen LogP contribution in [0.5, 0.6) is 17.2 Å². The zero-order valence-electron chi connectivity index (χ0n) is 17.6. The lowest BCUT2D eigenvalue weighted by Gasteiger charge is -2.34. The Hall–Kier alpha value is -3.03. The molecule has 160 valence electrons. The molecule has 2 aliphatic rings. The highest BCUT2D eigenvalue weighted by molar-refractivity contribution is 5.95. The number of benzene rings is 1. The zero-order valence-corrected chi connectivity index (χ0v) is 17.6. The van der Waals surface area contributed by atoms with Crippen LogP contribution in [0.15, 0.2) is 23.0 Å². The topological polar surface area (TPSA) is 82.9 Å². The number of carbonyl (C=O) groups is 1. The van der Waals surface area contributed by atoms with Crippen LogP contribution in [0, 0.1) is 0 Å². The van der Waals surface area contributed by atoms with Crippen molar-refractivity contribution in [2.45, 2.75) is 38.1 Å². The van der Waals surface area contributed by atoms with Crippen LogP contribution in [-0.2, 0) is 13.0 Å². The maximum atomic E-state index is 13.3. The van der Waals surface area contributed by atoms with Gasteiger partial charge in [-0.1, -0.05) is 0 Å². The van der Waals surface area contributed by atoms with Crippen molar-refractivity contribution in [3.63, 3.8) is 0 Å². The fraction of sp³-hybridized carbons (Fsp3) is 0.500. The van der Waals surface area contributed by atoms with Crippen molar-refractivity contribution < 1.29 is 19.0 Å². The van der Waals surface area contributed by atoms with Crippen LogP contribution in [0.1, 0.15) is 47.1 Å². The number of ether oxygens (including phenoxy) is 3. The van der Waals surface area contributed by atoms with Gasteiger partial charge in [-0.05, 0) is 31.4 Å². The van der Waals surface area contributed by atoms with E-state index in [2.05, 4.69) is 9.55 Å². The molecule has 4 rings (SSSR count). The van der Waals surface area contributed by atoms with Gasteiger partial charge in [0.2, 0.25) is 5.75 Å². The van der Waals surface area contributed by atoms with E-state index in [0.717, 1.165) is 43.7 Å². The molecule has 0 radical (unpaired) electrons. The Bertz CT molecular complexity index is 991. The van der Waals surface area contributed by atoms with Crippen LogP contribution in [-0.4, -0.2) is 54.8 Å². The standard InChI is InChI=1S/C22H27N3O5/c1-28-17-10-15(11-18(29-2)21(17)30-3)22(27)24-8-4-6-14(13-24)16-12-20(26)23-19-7-5-9-25(16)19/h10-12,14H,4-9,13H2,1-3H3/t14-/m0/s1. The summed E-state index contributed by atoms with van der Waals surface area (Å²) in [4.78, 5) is 31.4. The number of carbonyl (C=O) groups excluding carboxylic acids is 1. The van der Waals surface area contributed by atoms with Crippen LogP contribution in [0.3, 0.4) is 0 Å². The minimum Gasteiger partial charge on any atom is -0.493 e. The average Bonchev–Trinajstić information content (AvgIpc) is 3.25. The van der Waals surface area contributed by atoms with E-state index < -0.39 is 0 Å². The summed E-state index contributed by atoms with van der Waals surface area (Å²) in [6.07, 6.45) is 3.67. The van der Waals surface area contributed by atoms with Crippen LogP contribution < -0.4 is 19.8 Å². The number of methoxy groups -OCH3 is 3. The smallest absolute Gasteiger partial charge is 0.273 e. The minimum atomic E-state index is -0.189. The molecular formula is C22H27N3O5. The number of hydrogen-bond donors (Lipinski definition) is 0. The maximum absolute atomic E-state index is 13.3. The van der Waals surface area contributed by atoms with Gasteiger partial charge in [0.1, 0.15) is 5.82 Å². The minimum absolute atomic E-state index is 0.0861. The number of aromatic nitrogens is 2. The van der Waals surface area contributed by atoms with Crippen molar-refractivity contribution in [3.05, 3.63) is 45.6 Å². The summed E-state index contributed by atoms with van der Waals surface area (Å²) in [6.45, 7) is 2.13. The molecule has 2 aliphatic heterocycles. The SMILES string of the molecule is COc1cc(C(=O)N2CCC[C@H](c3cc(=O)nc4n3CCC4)C2)cc(OC)c1OC. The highest BCUT2D eigenvalue weighted by Gasteiger charge is 2.30. The fourth-order valence-corrected chi connectivity index (χ4v) is 4.55. The van der Waals surface area contributed by atoms with Gasteiger partial charge in [-0.25, -0.2) is 0 Å². The van der Waals surface area contributed by atoms with Gasteiger partial charge >= 0.3 is 0 Å². The van der Waals surface area contributed by atoms with Crippen molar-refractivity contribution in [2.24, 2.45) is 0 Å². The third kappa shape index (κ3) is 3.62. The van der Waals surface area contributed by atoms with E-state index in [1.165, 1.54) is 21.3 Å². The molecule has 1 aromatic heterocycles. The van der Waals surface area contributed by atoms with Crippen molar-refractivity contribution in [1.29, 1.82) is 0 Å². The van der Waals surface area contributed by atoms with E-state index in [9.17, 15) is 9.59 Å². The summed E-state index contributed by atoms with van der Waals surface area (Å²) in [5, 5.41) is 0. The summed E-state index contributed by atoms with van der Waals surface area (Å²) in [6, 6.07) is 5.01. The van der Waals surface area contributed by atoms with Crippen LogP contribution in [0.4, 0.5) is 0 Å². The second-order valence-corrected chi connectivity index (χ2v) is 7.69. The van der Waals surface area contributed by atoms with Gasteiger partial charge in [-0.2, -0.15) is 4.98 Å². The summed E-state index contributed by atoms with van der Waals surface area (Å²) < 4.78 is 18.3. The summed E-state index contributed by atoms with van der Waals surface area (Å²) in [5.41, 5.74) is 1.30. The van der Waals surface area contributed by atoms with Crippen LogP contribution >= 0.6 is 0 Å². The van der Waals surface area contributed by atoms with E-state index in [4.69, 9.17) is 14.2 Å². The molecule has 30 heavy (non-hydrogen) atoms. The molecule has 0 bridgehead atoms. The van der Waals surface area contributed by atoms with Gasteiger partial charge in [-0.15, -0.1) is 0 Å². The predicted octanol–water partition coefficient (Wildman–Crippen LogP) is 2.24. The van der Waals surface area contributed by atoms with Gasteiger partial charge in [0, 0.05) is 49.3 Å². The predicted molar refractivity (Wildman–Crippen MR) is 111 cm³/mol. The highest BCUT2D eigenvalue weighted by Crippen LogP contribution is 2.39. The second kappa shape index (κ2) is 8.38. The first-order valence-corrected chi connectivity index (χ1v) is 10.3. The lowest BCUT2D eigenvalue weighted by atomic mass is 9.93. The Morgan fingerprint density at radius 1 is 1.03 bits per heavy atom. The number of rotatable bonds is 5. The van der Waals surface area contributed by atoms with E-state index >= 15 is 0 Å². The number of fused-ring (bicyclic) bond motifs is 1. The first-order chi connectivity index (χ1) is 14.5. The molecular weight excluding hydrogens is 386 g/mol. The average molecular weight is 413 g/mol. The van der Waals surface area contributed by atoms with E-state index in [1.54, 1.807) is 18.2 Å². The lowest BCUT2D eigenvalue weighted by Crippen LogP contribution is -2.40. The normalized spacial score (nSPS) is 18.1. The molecule has 1 saturated heterocycles. The zero-order chi connectivity index (χ0) is 21.3. The van der Waals surface area contributed by atoms with E-state index in [0.29, 0.717) is 35.9 Å². The van der Waals surface area contributed by atoms with Gasteiger partial charge in [-0.3, -0.25) is 9.59 Å². The van der Waals surface area contributed by atoms with Crippen molar-refractivity contribution in [1.82, 2.24) is 14.5 Å². The number of aryl methyl sites for hydroxylation is 1. The summed E-state index contributed by atoms with van der Waals surface area (Å²) in [7, 11) is 4.60. The molecule has 1 atom stereocenters. The number of piperidine rings is 1. The van der Waals surface area contributed by atoms with Crippen molar-refractivity contribution >= 4 is 5.91 Å². The van der Waals surface area contributed by atoms with Crippen LogP contribution in [0.2, 0.25) is 0 Å². The molecule has 0 saturated carbocycles. The number of likely N-dealkylation sites (tertiary alicyclic amines) is 1. The molecule has 0 spiro atoms. The quantitative estimate of drug-likeness (QED) is 0.748. The van der Waals surface area contributed by atoms with Crippen LogP contribution in [0.25, 0.3) is 0 Å². The number of hydrogen-bond acceptors (Lipinski definition) is 6. The van der Waals surface area contributed by atoms with Gasteiger partial charge in [0.05, 0.1) is 21.3 Å². The van der Waals surface area contributed by atoms with Gasteiger partial charge < -0.3 is 23.7 Å². The molecule has 2 aromatic rings. The van der Waals surface area contributed by atoms with Gasteiger partial charge in [0.25, 0.3) is 11.5 Å². The third-order valence-electron chi connectivity index (χ3n) is 5.95. The number of amides is 1. The van der Waals surface area contributed by atoms with E-state index in [1.807, 2.05) is 4.90 Å². The Kier molecular flexibility index (Phi) is 5.65.